The molecule has 0 bridgehead atoms. The molecule has 1 N–H and O–H groups in total. The van der Waals surface area contributed by atoms with Gasteiger partial charge in [0, 0.05) is 32.6 Å². The van der Waals surface area contributed by atoms with E-state index in [2.05, 4.69) is 24.1 Å². The lowest BCUT2D eigenvalue weighted by molar-refractivity contribution is -0.146. The third-order valence-corrected chi connectivity index (χ3v) is 3.66. The molecule has 0 saturated carbocycles. The minimum absolute atomic E-state index is 0.0653. The fourth-order valence-corrected chi connectivity index (χ4v) is 2.48. The van der Waals surface area contributed by atoms with Crippen LogP contribution in [0, 0.1) is 11.8 Å². The summed E-state index contributed by atoms with van der Waals surface area (Å²) in [7, 11) is 3.42. The third kappa shape index (κ3) is 8.10. The molecule has 0 aliphatic heterocycles. The normalized spacial score (nSPS) is 12.2. The largest absolute Gasteiger partial charge is 0.463 e. The summed E-state index contributed by atoms with van der Waals surface area (Å²) in [6.07, 6.45) is 4.78. The van der Waals surface area contributed by atoms with Gasteiger partial charge in [0.05, 0.1) is 25.8 Å². The van der Waals surface area contributed by atoms with Crippen molar-refractivity contribution in [1.82, 2.24) is 14.9 Å². The van der Waals surface area contributed by atoms with Crippen molar-refractivity contribution >= 4 is 11.9 Å². The molecule has 7 nitrogen and oxygen atoms in total. The molecule has 136 valence electrons. The molecule has 0 aliphatic rings. The van der Waals surface area contributed by atoms with Crippen LogP contribution in [0.1, 0.15) is 32.4 Å². The lowest BCUT2D eigenvalue weighted by Gasteiger charge is -2.19. The second-order valence-electron chi connectivity index (χ2n) is 6.39. The van der Waals surface area contributed by atoms with Gasteiger partial charge < -0.3 is 19.4 Å². The van der Waals surface area contributed by atoms with Crippen LogP contribution in [0.4, 0.5) is 0 Å². The number of hydrogen-bond donors (Lipinski definition) is 1. The monoisotopic (exact) mass is 339 g/mol. The molecule has 1 rings (SSSR count). The van der Waals surface area contributed by atoms with Crippen LogP contribution in [0.5, 0.6) is 0 Å². The highest BCUT2D eigenvalue weighted by atomic mass is 16.6. The Kier molecular flexibility index (Phi) is 9.07. The summed E-state index contributed by atoms with van der Waals surface area (Å²) in [4.78, 5) is 27.9. The van der Waals surface area contributed by atoms with E-state index in [0.717, 1.165) is 12.1 Å². The van der Waals surface area contributed by atoms with Crippen LogP contribution in [0.2, 0.25) is 0 Å². The zero-order valence-electron chi connectivity index (χ0n) is 15.1. The second kappa shape index (κ2) is 10.8. The van der Waals surface area contributed by atoms with E-state index in [1.807, 2.05) is 11.6 Å². The fraction of sp³-hybridized carbons (Fsp3) is 0.706. The van der Waals surface area contributed by atoms with E-state index in [-0.39, 0.29) is 30.8 Å². The Morgan fingerprint density at radius 1 is 1.33 bits per heavy atom. The van der Waals surface area contributed by atoms with E-state index < -0.39 is 0 Å². The van der Waals surface area contributed by atoms with Crippen LogP contribution in [-0.2, 0) is 32.5 Å². The van der Waals surface area contributed by atoms with E-state index in [4.69, 9.17) is 9.47 Å². The minimum atomic E-state index is -0.251. The Hall–Kier alpha value is -1.89. The summed E-state index contributed by atoms with van der Waals surface area (Å²) in [5.41, 5.74) is 0.854. The van der Waals surface area contributed by atoms with Gasteiger partial charge in [0.15, 0.2) is 0 Å². The Morgan fingerprint density at radius 2 is 2.08 bits per heavy atom. The van der Waals surface area contributed by atoms with Gasteiger partial charge in [-0.2, -0.15) is 0 Å². The SMILES string of the molecule is COCCOC(=O)C[C@@H](CNC(=O)Cc1cncn1C)CC(C)C. The van der Waals surface area contributed by atoms with Gasteiger partial charge >= 0.3 is 5.97 Å². The fourth-order valence-electron chi connectivity index (χ4n) is 2.48. The highest BCUT2D eigenvalue weighted by Gasteiger charge is 2.18. The van der Waals surface area contributed by atoms with Crippen molar-refractivity contribution in [2.24, 2.45) is 18.9 Å². The summed E-state index contributed by atoms with van der Waals surface area (Å²) < 4.78 is 11.8. The number of rotatable bonds is 11. The first-order chi connectivity index (χ1) is 11.4. The van der Waals surface area contributed by atoms with Gasteiger partial charge in [-0.05, 0) is 18.3 Å². The number of carbonyl (C=O) groups is 2. The molecule has 7 heteroatoms. The molecule has 1 aromatic rings. The molecule has 0 fully saturated rings. The molecule has 0 radical (unpaired) electrons. The zero-order chi connectivity index (χ0) is 17.9. The lowest BCUT2D eigenvalue weighted by Crippen LogP contribution is -2.32. The maximum absolute atomic E-state index is 12.1. The summed E-state index contributed by atoms with van der Waals surface area (Å²) in [6, 6.07) is 0. The molecular weight excluding hydrogens is 310 g/mol. The predicted molar refractivity (Wildman–Crippen MR) is 90.3 cm³/mol. The number of amides is 1. The third-order valence-electron chi connectivity index (χ3n) is 3.66. The molecule has 0 saturated heterocycles. The van der Waals surface area contributed by atoms with Gasteiger partial charge in [-0.3, -0.25) is 9.59 Å². The van der Waals surface area contributed by atoms with Crippen LogP contribution in [-0.4, -0.2) is 48.3 Å². The van der Waals surface area contributed by atoms with Crippen LogP contribution in [0.25, 0.3) is 0 Å². The first kappa shape index (κ1) is 20.2. The number of aryl methyl sites for hydroxylation is 1. The summed E-state index contributed by atoms with van der Waals surface area (Å²) in [6.45, 7) is 5.31. The van der Waals surface area contributed by atoms with Crippen molar-refractivity contribution < 1.29 is 19.1 Å². The Morgan fingerprint density at radius 3 is 2.67 bits per heavy atom. The smallest absolute Gasteiger partial charge is 0.306 e. The van der Waals surface area contributed by atoms with E-state index in [9.17, 15) is 9.59 Å². The number of ether oxygens (including phenoxy) is 2. The van der Waals surface area contributed by atoms with Gasteiger partial charge in [0.2, 0.25) is 5.91 Å². The number of methoxy groups -OCH3 is 1. The van der Waals surface area contributed by atoms with Crippen molar-refractivity contribution in [3.05, 3.63) is 18.2 Å². The van der Waals surface area contributed by atoms with Crippen LogP contribution >= 0.6 is 0 Å². The number of aromatic nitrogens is 2. The Bertz CT molecular complexity index is 514. The molecule has 0 aromatic carbocycles. The Balaban J connectivity index is 2.42. The highest BCUT2D eigenvalue weighted by Crippen LogP contribution is 2.15. The van der Waals surface area contributed by atoms with Crippen LogP contribution in [0.15, 0.2) is 12.5 Å². The van der Waals surface area contributed by atoms with E-state index in [1.54, 1.807) is 19.6 Å². The zero-order valence-corrected chi connectivity index (χ0v) is 15.1. The van der Waals surface area contributed by atoms with Crippen molar-refractivity contribution in [3.8, 4) is 0 Å². The van der Waals surface area contributed by atoms with Crippen LogP contribution < -0.4 is 5.32 Å². The van der Waals surface area contributed by atoms with Crippen LogP contribution in [0.3, 0.4) is 0 Å². The lowest BCUT2D eigenvalue weighted by atomic mass is 9.94. The molecule has 24 heavy (non-hydrogen) atoms. The maximum Gasteiger partial charge on any atom is 0.306 e. The number of imidazole rings is 1. The van der Waals surface area contributed by atoms with Gasteiger partial charge in [-0.1, -0.05) is 13.8 Å². The minimum Gasteiger partial charge on any atom is -0.463 e. The molecule has 1 aromatic heterocycles. The van der Waals surface area contributed by atoms with Crippen molar-refractivity contribution in [3.63, 3.8) is 0 Å². The number of nitrogens with zero attached hydrogens (tertiary/aromatic N) is 2. The average Bonchev–Trinajstić information content (AvgIpc) is 2.90. The predicted octanol–water partition coefficient (Wildman–Crippen LogP) is 1.32. The topological polar surface area (TPSA) is 82.4 Å². The molecule has 0 aliphatic carbocycles. The number of nitrogens with one attached hydrogen (secondary N) is 1. The quantitative estimate of drug-likeness (QED) is 0.486. The number of carbonyl (C=O) groups excluding carboxylic acids is 2. The van der Waals surface area contributed by atoms with E-state index >= 15 is 0 Å². The van der Waals surface area contributed by atoms with Gasteiger partial charge in [0.1, 0.15) is 6.61 Å². The molecule has 0 spiro atoms. The molecule has 0 unspecified atom stereocenters. The van der Waals surface area contributed by atoms with Gasteiger partial charge in [-0.15, -0.1) is 0 Å². The molecule has 1 heterocycles. The Labute approximate surface area is 143 Å². The second-order valence-corrected chi connectivity index (χ2v) is 6.39. The number of hydrogen-bond acceptors (Lipinski definition) is 5. The summed E-state index contributed by atoms with van der Waals surface area (Å²) in [5.74, 6) is 0.185. The summed E-state index contributed by atoms with van der Waals surface area (Å²) in [5, 5.41) is 2.91. The van der Waals surface area contributed by atoms with Crippen molar-refractivity contribution in [2.75, 3.05) is 26.9 Å². The average molecular weight is 339 g/mol. The summed E-state index contributed by atoms with van der Waals surface area (Å²) >= 11 is 0. The van der Waals surface area contributed by atoms with Crippen molar-refractivity contribution in [2.45, 2.75) is 33.1 Å². The molecule has 1 atom stereocenters. The first-order valence-corrected chi connectivity index (χ1v) is 8.28. The van der Waals surface area contributed by atoms with Crippen molar-refractivity contribution in [1.29, 1.82) is 0 Å². The number of esters is 1. The van der Waals surface area contributed by atoms with Gasteiger partial charge in [-0.25, -0.2) is 4.98 Å². The molecule has 1 amide bonds. The first-order valence-electron chi connectivity index (χ1n) is 8.28. The standard InChI is InChI=1S/C17H29N3O4/c1-13(2)7-14(8-17(22)24-6-5-23-4)10-19-16(21)9-15-11-18-12-20(15)3/h11-14H,5-10H2,1-4H3,(H,19,21)/t14-/m0/s1. The van der Waals surface area contributed by atoms with E-state index in [1.165, 1.54) is 0 Å². The van der Waals surface area contributed by atoms with E-state index in [0.29, 0.717) is 25.5 Å². The van der Waals surface area contributed by atoms with Gasteiger partial charge in [0.25, 0.3) is 0 Å². The highest BCUT2D eigenvalue weighted by molar-refractivity contribution is 5.78. The maximum atomic E-state index is 12.1. The molecular formula is C17H29N3O4.